The summed E-state index contributed by atoms with van der Waals surface area (Å²) in [7, 11) is 4.95. The molecule has 0 saturated carbocycles. The van der Waals surface area contributed by atoms with Gasteiger partial charge in [-0.15, -0.1) is 0 Å². The van der Waals surface area contributed by atoms with E-state index in [1.165, 1.54) is 0 Å². The van der Waals surface area contributed by atoms with Gasteiger partial charge in [0.25, 0.3) is 0 Å². The van der Waals surface area contributed by atoms with Gasteiger partial charge in [0.15, 0.2) is 6.29 Å². The van der Waals surface area contributed by atoms with Crippen LogP contribution in [0.2, 0.25) is 0 Å². The molecular weight excluding hydrogens is 144 g/mol. The van der Waals surface area contributed by atoms with Gasteiger partial charge in [0.05, 0.1) is 6.10 Å². The van der Waals surface area contributed by atoms with Crippen LogP contribution in [0.4, 0.5) is 0 Å². The maximum atomic E-state index is 5.14. The monoisotopic (exact) mass is 162 g/mol. The molecule has 0 radical (unpaired) electrons. The van der Waals surface area contributed by atoms with Crippen molar-refractivity contribution in [3.8, 4) is 0 Å². The summed E-state index contributed by atoms with van der Waals surface area (Å²) in [6, 6.07) is 0. The first kappa shape index (κ1) is 10.9. The molecule has 2 unspecified atom stereocenters. The van der Waals surface area contributed by atoms with Crippen LogP contribution in [0.5, 0.6) is 0 Å². The van der Waals surface area contributed by atoms with E-state index in [-0.39, 0.29) is 18.3 Å². The zero-order valence-electron chi connectivity index (χ0n) is 7.96. The summed E-state index contributed by atoms with van der Waals surface area (Å²) in [5.74, 6) is 0.245. The third-order valence-corrected chi connectivity index (χ3v) is 2.01. The molecule has 0 N–H and O–H groups in total. The molecule has 0 aliphatic carbocycles. The van der Waals surface area contributed by atoms with E-state index in [2.05, 4.69) is 0 Å². The van der Waals surface area contributed by atoms with Gasteiger partial charge in [-0.05, 0) is 6.92 Å². The van der Waals surface area contributed by atoms with E-state index in [9.17, 15) is 0 Å². The summed E-state index contributed by atoms with van der Waals surface area (Å²) in [5.41, 5.74) is 0. The van der Waals surface area contributed by atoms with Crippen molar-refractivity contribution < 1.29 is 14.2 Å². The van der Waals surface area contributed by atoms with Crippen LogP contribution in [0, 0.1) is 5.92 Å². The second-order valence-electron chi connectivity index (χ2n) is 2.64. The lowest BCUT2D eigenvalue weighted by Gasteiger charge is -2.25. The molecule has 0 amide bonds. The zero-order valence-corrected chi connectivity index (χ0v) is 7.96. The molecule has 0 aromatic rings. The van der Waals surface area contributed by atoms with Crippen molar-refractivity contribution in [2.75, 3.05) is 21.3 Å². The van der Waals surface area contributed by atoms with E-state index in [0.29, 0.717) is 0 Å². The van der Waals surface area contributed by atoms with Gasteiger partial charge < -0.3 is 14.2 Å². The first-order valence-electron chi connectivity index (χ1n) is 3.75. The van der Waals surface area contributed by atoms with Gasteiger partial charge in [0.2, 0.25) is 0 Å². The molecule has 3 heteroatoms. The van der Waals surface area contributed by atoms with Crippen molar-refractivity contribution in [1.29, 1.82) is 0 Å². The third-order valence-electron chi connectivity index (χ3n) is 2.01. The topological polar surface area (TPSA) is 27.7 Å². The summed E-state index contributed by atoms with van der Waals surface area (Å²) in [6.07, 6.45) is -0.0233. The van der Waals surface area contributed by atoms with Crippen molar-refractivity contribution in [2.45, 2.75) is 26.2 Å². The number of rotatable bonds is 5. The average Bonchev–Trinajstić information content (AvgIpc) is 2.05. The molecule has 0 rings (SSSR count). The highest BCUT2D eigenvalue weighted by molar-refractivity contribution is 4.63. The van der Waals surface area contributed by atoms with Crippen LogP contribution in [-0.4, -0.2) is 33.7 Å². The summed E-state index contributed by atoms with van der Waals surface area (Å²) < 4.78 is 15.3. The minimum Gasteiger partial charge on any atom is -0.381 e. The zero-order chi connectivity index (χ0) is 8.85. The summed E-state index contributed by atoms with van der Waals surface area (Å²) >= 11 is 0. The van der Waals surface area contributed by atoms with Crippen LogP contribution < -0.4 is 0 Å². The Kier molecular flexibility index (Phi) is 5.46. The van der Waals surface area contributed by atoms with Crippen LogP contribution in [-0.2, 0) is 14.2 Å². The first-order valence-corrected chi connectivity index (χ1v) is 3.75. The van der Waals surface area contributed by atoms with Gasteiger partial charge >= 0.3 is 0 Å². The smallest absolute Gasteiger partial charge is 0.161 e. The van der Waals surface area contributed by atoms with Crippen molar-refractivity contribution in [3.05, 3.63) is 0 Å². The first-order chi connectivity index (χ1) is 5.17. The van der Waals surface area contributed by atoms with E-state index in [4.69, 9.17) is 14.2 Å². The number of methoxy groups -OCH3 is 3. The number of hydrogen-bond donors (Lipinski definition) is 0. The Labute approximate surface area is 68.6 Å². The molecule has 0 aromatic heterocycles. The van der Waals surface area contributed by atoms with Crippen LogP contribution in [0.15, 0.2) is 0 Å². The van der Waals surface area contributed by atoms with Crippen LogP contribution >= 0.6 is 0 Å². The second-order valence-corrected chi connectivity index (χ2v) is 2.64. The summed E-state index contributed by atoms with van der Waals surface area (Å²) in [6.45, 7) is 4.03. The van der Waals surface area contributed by atoms with E-state index < -0.39 is 0 Å². The highest BCUT2D eigenvalue weighted by atomic mass is 16.7. The van der Waals surface area contributed by atoms with Gasteiger partial charge in [0.1, 0.15) is 0 Å². The number of ether oxygens (including phenoxy) is 3. The molecule has 0 heterocycles. The molecule has 0 saturated heterocycles. The molecule has 0 fully saturated rings. The molecular formula is C8H18O3. The Bertz CT molecular complexity index is 91.3. The molecule has 3 nitrogen and oxygen atoms in total. The van der Waals surface area contributed by atoms with Crippen LogP contribution in [0.25, 0.3) is 0 Å². The maximum Gasteiger partial charge on any atom is 0.161 e. The Balaban J connectivity index is 3.86. The molecule has 2 atom stereocenters. The Morgan fingerprint density at radius 1 is 0.818 bits per heavy atom. The van der Waals surface area contributed by atoms with Crippen molar-refractivity contribution in [3.63, 3.8) is 0 Å². The molecule has 0 aliphatic rings. The van der Waals surface area contributed by atoms with E-state index in [0.717, 1.165) is 0 Å². The lowest BCUT2D eigenvalue weighted by molar-refractivity contribution is -0.157. The molecule has 11 heavy (non-hydrogen) atoms. The Morgan fingerprint density at radius 2 is 1.27 bits per heavy atom. The highest BCUT2D eigenvalue weighted by Crippen LogP contribution is 2.13. The van der Waals surface area contributed by atoms with Gasteiger partial charge in [0, 0.05) is 27.2 Å². The standard InChI is InChI=1S/C8H18O3/c1-6(7(2)9-3)8(10-4)11-5/h6-8H,1-5H3. The molecule has 0 aliphatic heterocycles. The summed E-state index contributed by atoms with van der Waals surface area (Å²) in [4.78, 5) is 0. The fourth-order valence-electron chi connectivity index (χ4n) is 0.961. The van der Waals surface area contributed by atoms with E-state index in [1.807, 2.05) is 13.8 Å². The minimum absolute atomic E-state index is 0.153. The Morgan fingerprint density at radius 3 is 1.55 bits per heavy atom. The third kappa shape index (κ3) is 3.18. The molecule has 0 bridgehead atoms. The fourth-order valence-corrected chi connectivity index (χ4v) is 0.961. The van der Waals surface area contributed by atoms with E-state index >= 15 is 0 Å². The Hall–Kier alpha value is -0.120. The molecule has 0 aromatic carbocycles. The van der Waals surface area contributed by atoms with Gasteiger partial charge in [-0.1, -0.05) is 6.92 Å². The molecule has 0 spiro atoms. The van der Waals surface area contributed by atoms with Gasteiger partial charge in [-0.2, -0.15) is 0 Å². The fraction of sp³-hybridized carbons (Fsp3) is 1.00. The summed E-state index contributed by atoms with van der Waals surface area (Å²) in [5, 5.41) is 0. The SMILES string of the molecule is COC(C)C(C)C(OC)OC. The van der Waals surface area contributed by atoms with Gasteiger partial charge in [-0.25, -0.2) is 0 Å². The predicted octanol–water partition coefficient (Wildman–Crippen LogP) is 1.28. The average molecular weight is 162 g/mol. The van der Waals surface area contributed by atoms with Crippen molar-refractivity contribution in [1.82, 2.24) is 0 Å². The lowest BCUT2D eigenvalue weighted by atomic mass is 10.1. The predicted molar refractivity (Wildman–Crippen MR) is 43.4 cm³/mol. The highest BCUT2D eigenvalue weighted by Gasteiger charge is 2.21. The van der Waals surface area contributed by atoms with Crippen LogP contribution in [0.1, 0.15) is 13.8 Å². The van der Waals surface area contributed by atoms with Gasteiger partial charge in [-0.3, -0.25) is 0 Å². The van der Waals surface area contributed by atoms with Crippen molar-refractivity contribution in [2.24, 2.45) is 5.92 Å². The normalized spacial score (nSPS) is 16.9. The quantitative estimate of drug-likeness (QED) is 0.570. The number of hydrogen-bond acceptors (Lipinski definition) is 3. The maximum absolute atomic E-state index is 5.14. The van der Waals surface area contributed by atoms with Crippen molar-refractivity contribution >= 4 is 0 Å². The van der Waals surface area contributed by atoms with Crippen LogP contribution in [0.3, 0.4) is 0 Å². The lowest BCUT2D eigenvalue weighted by Crippen LogP contribution is -2.31. The second kappa shape index (κ2) is 5.52. The largest absolute Gasteiger partial charge is 0.381 e. The molecule has 68 valence electrons. The van der Waals surface area contributed by atoms with E-state index in [1.54, 1.807) is 21.3 Å². The minimum atomic E-state index is -0.176.